The van der Waals surface area contributed by atoms with Crippen molar-refractivity contribution in [1.82, 2.24) is 5.32 Å². The Labute approximate surface area is 142 Å². The minimum atomic E-state index is -0.927. The first-order valence-electron chi connectivity index (χ1n) is 8.28. The Hall–Kier alpha value is -2.08. The van der Waals surface area contributed by atoms with Gasteiger partial charge in [0.2, 0.25) is 0 Å². The molecule has 0 aliphatic heterocycles. The fourth-order valence-electron chi connectivity index (χ4n) is 2.82. The number of rotatable bonds is 9. The zero-order chi connectivity index (χ0) is 17.6. The molecule has 0 bridgehead atoms. The van der Waals surface area contributed by atoms with Gasteiger partial charge in [-0.2, -0.15) is 0 Å². The molecule has 0 spiro atoms. The van der Waals surface area contributed by atoms with Crippen LogP contribution < -0.4 is 10.1 Å². The van der Waals surface area contributed by atoms with Crippen molar-refractivity contribution in [2.24, 2.45) is 5.92 Å². The maximum Gasteiger partial charge on any atom is 0.308 e. The standard InChI is InChI=1S/C18H25NO5/c1-3-24-15-7-5-13(6-8-15)11-14(16(20)21)12-19-17(22)18(23-2)9-4-10-18/h5-8,14H,3-4,9-12H2,1-2H3,(H,19,22)(H,20,21). The van der Waals surface area contributed by atoms with Gasteiger partial charge in [-0.05, 0) is 50.3 Å². The highest BCUT2D eigenvalue weighted by Crippen LogP contribution is 2.35. The molecule has 1 aliphatic rings. The summed E-state index contributed by atoms with van der Waals surface area (Å²) >= 11 is 0. The molecule has 1 unspecified atom stereocenters. The molecular weight excluding hydrogens is 310 g/mol. The van der Waals surface area contributed by atoms with Crippen LogP contribution in [0.4, 0.5) is 0 Å². The fourth-order valence-corrected chi connectivity index (χ4v) is 2.82. The van der Waals surface area contributed by atoms with E-state index < -0.39 is 17.5 Å². The third-order valence-electron chi connectivity index (χ3n) is 4.54. The number of nitrogens with one attached hydrogen (secondary N) is 1. The van der Waals surface area contributed by atoms with Gasteiger partial charge in [-0.15, -0.1) is 0 Å². The minimum Gasteiger partial charge on any atom is -0.494 e. The van der Waals surface area contributed by atoms with E-state index in [1.807, 2.05) is 31.2 Å². The number of carbonyl (C=O) groups excluding carboxylic acids is 1. The fraction of sp³-hybridized carbons (Fsp3) is 0.556. The number of hydrogen-bond donors (Lipinski definition) is 2. The number of carbonyl (C=O) groups is 2. The predicted octanol–water partition coefficient (Wildman–Crippen LogP) is 2.01. The number of methoxy groups -OCH3 is 1. The summed E-state index contributed by atoms with van der Waals surface area (Å²) in [5, 5.41) is 12.2. The van der Waals surface area contributed by atoms with Crippen LogP contribution in [0.1, 0.15) is 31.7 Å². The molecule has 0 aromatic heterocycles. The average Bonchev–Trinajstić information content (AvgIpc) is 2.52. The lowest BCUT2D eigenvalue weighted by atomic mass is 9.79. The zero-order valence-corrected chi connectivity index (χ0v) is 14.2. The van der Waals surface area contributed by atoms with Crippen LogP contribution in [-0.2, 0) is 20.7 Å². The van der Waals surface area contributed by atoms with Crippen molar-refractivity contribution in [2.75, 3.05) is 20.3 Å². The number of aliphatic carboxylic acids is 1. The second-order valence-corrected chi connectivity index (χ2v) is 6.08. The lowest BCUT2D eigenvalue weighted by Gasteiger charge is -2.38. The maximum atomic E-state index is 12.2. The molecule has 1 amide bonds. The SMILES string of the molecule is CCOc1ccc(CC(CNC(=O)C2(OC)CCC2)C(=O)O)cc1. The van der Waals surface area contributed by atoms with Gasteiger partial charge in [0.15, 0.2) is 0 Å². The Morgan fingerprint density at radius 1 is 1.29 bits per heavy atom. The molecule has 2 N–H and O–H groups in total. The Morgan fingerprint density at radius 3 is 2.42 bits per heavy atom. The lowest BCUT2D eigenvalue weighted by molar-refractivity contribution is -0.154. The van der Waals surface area contributed by atoms with E-state index in [0.717, 1.165) is 17.7 Å². The van der Waals surface area contributed by atoms with E-state index in [2.05, 4.69) is 5.32 Å². The molecule has 6 heteroatoms. The number of carboxylic acid groups (broad SMARTS) is 1. The predicted molar refractivity (Wildman–Crippen MR) is 89.0 cm³/mol. The van der Waals surface area contributed by atoms with E-state index in [0.29, 0.717) is 25.9 Å². The first-order chi connectivity index (χ1) is 11.5. The van der Waals surface area contributed by atoms with E-state index in [9.17, 15) is 14.7 Å². The molecule has 1 fully saturated rings. The molecule has 1 aromatic carbocycles. The average molecular weight is 335 g/mol. The summed E-state index contributed by atoms with van der Waals surface area (Å²) in [5.41, 5.74) is 0.132. The maximum absolute atomic E-state index is 12.2. The van der Waals surface area contributed by atoms with Gasteiger partial charge in [-0.1, -0.05) is 12.1 Å². The van der Waals surface area contributed by atoms with Crippen molar-refractivity contribution in [3.63, 3.8) is 0 Å². The van der Waals surface area contributed by atoms with Crippen LogP contribution >= 0.6 is 0 Å². The van der Waals surface area contributed by atoms with Gasteiger partial charge in [-0.25, -0.2) is 0 Å². The number of amides is 1. The summed E-state index contributed by atoms with van der Waals surface area (Å²) in [5.74, 6) is -1.06. The van der Waals surface area contributed by atoms with Crippen molar-refractivity contribution >= 4 is 11.9 Å². The summed E-state index contributed by atoms with van der Waals surface area (Å²) in [7, 11) is 1.52. The number of ether oxygens (including phenoxy) is 2. The number of benzene rings is 1. The first kappa shape index (κ1) is 18.3. The van der Waals surface area contributed by atoms with Crippen molar-refractivity contribution in [3.05, 3.63) is 29.8 Å². The highest BCUT2D eigenvalue weighted by Gasteiger charge is 2.44. The molecular formula is C18H25NO5. The van der Waals surface area contributed by atoms with Crippen LogP contribution in [0.2, 0.25) is 0 Å². The summed E-state index contributed by atoms with van der Waals surface area (Å²) in [6.45, 7) is 2.59. The van der Waals surface area contributed by atoms with Gasteiger partial charge in [0.1, 0.15) is 11.4 Å². The number of hydrogen-bond acceptors (Lipinski definition) is 4. The van der Waals surface area contributed by atoms with E-state index in [1.54, 1.807) is 0 Å². The van der Waals surface area contributed by atoms with E-state index in [-0.39, 0.29) is 12.5 Å². The molecule has 1 aromatic rings. The van der Waals surface area contributed by atoms with Gasteiger partial charge in [0.05, 0.1) is 12.5 Å². The van der Waals surface area contributed by atoms with E-state index in [4.69, 9.17) is 9.47 Å². The Morgan fingerprint density at radius 2 is 1.96 bits per heavy atom. The van der Waals surface area contributed by atoms with Gasteiger partial charge in [0.25, 0.3) is 5.91 Å². The van der Waals surface area contributed by atoms with Crippen molar-refractivity contribution in [2.45, 2.75) is 38.2 Å². The summed E-state index contributed by atoms with van der Waals surface area (Å²) in [6, 6.07) is 7.35. The second kappa shape index (κ2) is 8.15. The van der Waals surface area contributed by atoms with Crippen LogP contribution in [0.15, 0.2) is 24.3 Å². The molecule has 1 atom stereocenters. The molecule has 1 saturated carbocycles. The smallest absolute Gasteiger partial charge is 0.308 e. The van der Waals surface area contributed by atoms with Crippen LogP contribution in [-0.4, -0.2) is 42.8 Å². The second-order valence-electron chi connectivity index (χ2n) is 6.08. The zero-order valence-electron chi connectivity index (χ0n) is 14.2. The molecule has 0 saturated heterocycles. The molecule has 6 nitrogen and oxygen atoms in total. The summed E-state index contributed by atoms with van der Waals surface area (Å²) in [4.78, 5) is 23.7. The molecule has 0 radical (unpaired) electrons. The van der Waals surface area contributed by atoms with Crippen LogP contribution in [0, 0.1) is 5.92 Å². The quantitative estimate of drug-likeness (QED) is 0.721. The largest absolute Gasteiger partial charge is 0.494 e. The van der Waals surface area contributed by atoms with E-state index >= 15 is 0 Å². The Kier molecular flexibility index (Phi) is 6.20. The van der Waals surface area contributed by atoms with Crippen LogP contribution in [0.3, 0.4) is 0 Å². The monoisotopic (exact) mass is 335 g/mol. The van der Waals surface area contributed by atoms with E-state index in [1.165, 1.54) is 7.11 Å². The Balaban J connectivity index is 1.92. The normalized spacial score (nSPS) is 16.8. The molecule has 0 heterocycles. The van der Waals surface area contributed by atoms with Crippen LogP contribution in [0.5, 0.6) is 5.75 Å². The highest BCUT2D eigenvalue weighted by molar-refractivity contribution is 5.86. The third-order valence-corrected chi connectivity index (χ3v) is 4.54. The topological polar surface area (TPSA) is 84.9 Å². The van der Waals surface area contributed by atoms with Gasteiger partial charge < -0.3 is 19.9 Å². The summed E-state index contributed by atoms with van der Waals surface area (Å²) < 4.78 is 10.7. The molecule has 132 valence electrons. The number of carboxylic acids is 1. The van der Waals surface area contributed by atoms with Gasteiger partial charge in [0, 0.05) is 13.7 Å². The molecule has 2 rings (SSSR count). The summed E-state index contributed by atoms with van der Waals surface area (Å²) in [6.07, 6.45) is 2.68. The molecule has 24 heavy (non-hydrogen) atoms. The third kappa shape index (κ3) is 4.26. The first-order valence-corrected chi connectivity index (χ1v) is 8.28. The van der Waals surface area contributed by atoms with Crippen molar-refractivity contribution in [1.29, 1.82) is 0 Å². The van der Waals surface area contributed by atoms with Crippen molar-refractivity contribution in [3.8, 4) is 5.75 Å². The van der Waals surface area contributed by atoms with Crippen LogP contribution in [0.25, 0.3) is 0 Å². The van der Waals surface area contributed by atoms with Gasteiger partial charge >= 0.3 is 5.97 Å². The minimum absolute atomic E-state index is 0.0898. The molecule has 1 aliphatic carbocycles. The Bertz CT molecular complexity index is 560. The van der Waals surface area contributed by atoms with Gasteiger partial charge in [-0.3, -0.25) is 9.59 Å². The highest BCUT2D eigenvalue weighted by atomic mass is 16.5. The van der Waals surface area contributed by atoms with Crippen molar-refractivity contribution < 1.29 is 24.2 Å². The lowest BCUT2D eigenvalue weighted by Crippen LogP contribution is -2.54.